The van der Waals surface area contributed by atoms with Crippen molar-refractivity contribution in [1.82, 2.24) is 0 Å². The number of aliphatic hydroxyl groups is 1. The van der Waals surface area contributed by atoms with E-state index in [-0.39, 0.29) is 17.9 Å². The van der Waals surface area contributed by atoms with Gasteiger partial charge in [-0.15, -0.1) is 0 Å². The van der Waals surface area contributed by atoms with Crippen LogP contribution in [0.4, 0.5) is 29.3 Å². The van der Waals surface area contributed by atoms with E-state index in [0.29, 0.717) is 5.69 Å². The van der Waals surface area contributed by atoms with Gasteiger partial charge in [-0.2, -0.15) is 13.2 Å². The van der Waals surface area contributed by atoms with Crippen LogP contribution in [0.2, 0.25) is 0 Å². The van der Waals surface area contributed by atoms with Crippen LogP contribution in [0.3, 0.4) is 0 Å². The van der Waals surface area contributed by atoms with Crippen molar-refractivity contribution in [3.05, 3.63) is 59.7 Å². The van der Waals surface area contributed by atoms with Gasteiger partial charge in [0.25, 0.3) is 5.60 Å². The lowest BCUT2D eigenvalue weighted by Crippen LogP contribution is -2.50. The summed E-state index contributed by atoms with van der Waals surface area (Å²) in [5.74, 6) is -1.82. The second kappa shape index (κ2) is 8.30. The first kappa shape index (κ1) is 21.2. The standard InChI is InChI=1S/C19H19F3N2O4/c1-3-28-16(25)18(27,19(20,21)22)13-9-10-15(12(2)11-13)24-17(26)23-14-7-5-4-6-8-14/h4-11,27H,3H2,1-2H3,(H2,23,24,26). The molecule has 2 aromatic carbocycles. The number of hydrogen-bond donors (Lipinski definition) is 3. The highest BCUT2D eigenvalue weighted by Gasteiger charge is 2.62. The summed E-state index contributed by atoms with van der Waals surface area (Å²) >= 11 is 0. The predicted molar refractivity (Wildman–Crippen MR) is 96.8 cm³/mol. The number of alkyl halides is 3. The molecule has 0 heterocycles. The largest absolute Gasteiger partial charge is 0.463 e. The first-order valence-corrected chi connectivity index (χ1v) is 8.30. The van der Waals surface area contributed by atoms with Crippen LogP contribution in [0.25, 0.3) is 0 Å². The van der Waals surface area contributed by atoms with Gasteiger partial charge in [0.2, 0.25) is 0 Å². The second-order valence-electron chi connectivity index (χ2n) is 5.90. The molecular formula is C19H19F3N2O4. The Bertz CT molecular complexity index is 856. The zero-order valence-corrected chi connectivity index (χ0v) is 15.1. The minimum atomic E-state index is -5.29. The Labute approximate surface area is 159 Å². The van der Waals surface area contributed by atoms with Crippen molar-refractivity contribution in [2.75, 3.05) is 17.2 Å². The maximum Gasteiger partial charge on any atom is 0.432 e. The molecule has 0 aliphatic carbocycles. The number of ether oxygens (including phenoxy) is 1. The van der Waals surface area contributed by atoms with Gasteiger partial charge in [-0.3, -0.25) is 0 Å². The predicted octanol–water partition coefficient (Wildman–Crippen LogP) is 3.95. The molecule has 9 heteroatoms. The molecule has 1 unspecified atom stereocenters. The van der Waals surface area contributed by atoms with E-state index in [1.165, 1.54) is 19.9 Å². The van der Waals surface area contributed by atoms with E-state index in [2.05, 4.69) is 15.4 Å². The molecule has 0 radical (unpaired) electrons. The number of esters is 1. The van der Waals surface area contributed by atoms with Crippen molar-refractivity contribution in [2.45, 2.75) is 25.6 Å². The molecule has 0 aromatic heterocycles. The quantitative estimate of drug-likeness (QED) is 0.668. The zero-order chi connectivity index (χ0) is 20.9. The lowest BCUT2D eigenvalue weighted by molar-refractivity contribution is -0.267. The molecule has 2 aromatic rings. The van der Waals surface area contributed by atoms with Crippen LogP contribution in [0.1, 0.15) is 18.1 Å². The van der Waals surface area contributed by atoms with Crippen molar-refractivity contribution in [3.63, 3.8) is 0 Å². The van der Waals surface area contributed by atoms with Crippen LogP contribution in [0.15, 0.2) is 48.5 Å². The molecule has 2 rings (SSSR count). The maximum absolute atomic E-state index is 13.4. The van der Waals surface area contributed by atoms with Gasteiger partial charge in [0.15, 0.2) is 0 Å². The van der Waals surface area contributed by atoms with Gasteiger partial charge in [0.1, 0.15) is 0 Å². The maximum atomic E-state index is 13.4. The van der Waals surface area contributed by atoms with Crippen LogP contribution in [-0.4, -0.2) is 29.9 Å². The fraction of sp³-hybridized carbons (Fsp3) is 0.263. The Hall–Kier alpha value is -3.07. The normalized spacial score (nSPS) is 13.4. The third-order valence-corrected chi connectivity index (χ3v) is 3.91. The fourth-order valence-electron chi connectivity index (χ4n) is 2.47. The summed E-state index contributed by atoms with van der Waals surface area (Å²) in [7, 11) is 0. The second-order valence-corrected chi connectivity index (χ2v) is 5.90. The van der Waals surface area contributed by atoms with E-state index in [1.54, 1.807) is 30.3 Å². The van der Waals surface area contributed by atoms with Gasteiger partial charge >= 0.3 is 18.2 Å². The lowest BCUT2D eigenvalue weighted by atomic mass is 9.91. The zero-order valence-electron chi connectivity index (χ0n) is 15.1. The third kappa shape index (κ3) is 4.42. The summed E-state index contributed by atoms with van der Waals surface area (Å²) in [5, 5.41) is 15.2. The number of benzene rings is 2. The average molecular weight is 396 g/mol. The minimum absolute atomic E-state index is 0.213. The lowest BCUT2D eigenvalue weighted by Gasteiger charge is -2.29. The minimum Gasteiger partial charge on any atom is -0.463 e. The van der Waals surface area contributed by atoms with E-state index < -0.39 is 29.3 Å². The first-order chi connectivity index (χ1) is 13.1. The Kier molecular flexibility index (Phi) is 6.30. The highest BCUT2D eigenvalue weighted by atomic mass is 19.4. The molecule has 3 N–H and O–H groups in total. The van der Waals surface area contributed by atoms with Gasteiger partial charge in [-0.05, 0) is 37.6 Å². The topological polar surface area (TPSA) is 87.7 Å². The summed E-state index contributed by atoms with van der Waals surface area (Å²) < 4.78 is 44.7. The first-order valence-electron chi connectivity index (χ1n) is 8.30. The Morgan fingerprint density at radius 1 is 1.07 bits per heavy atom. The SMILES string of the molecule is CCOC(=O)C(O)(c1ccc(NC(=O)Nc2ccccc2)c(C)c1)C(F)(F)F. The van der Waals surface area contributed by atoms with E-state index >= 15 is 0 Å². The number of halogens is 3. The molecule has 0 spiro atoms. The number of carbonyl (C=O) groups excluding carboxylic acids is 2. The summed E-state index contributed by atoms with van der Waals surface area (Å²) in [4.78, 5) is 23.9. The van der Waals surface area contributed by atoms with E-state index in [4.69, 9.17) is 0 Å². The number of urea groups is 1. The number of hydrogen-bond acceptors (Lipinski definition) is 4. The van der Waals surface area contributed by atoms with Gasteiger partial charge in [-0.1, -0.05) is 30.3 Å². The summed E-state index contributed by atoms with van der Waals surface area (Å²) in [6.45, 7) is 2.44. The number of para-hydroxylation sites is 1. The molecule has 150 valence electrons. The Morgan fingerprint density at radius 3 is 2.25 bits per heavy atom. The van der Waals surface area contributed by atoms with E-state index in [1.807, 2.05) is 0 Å². The van der Waals surface area contributed by atoms with Crippen LogP contribution < -0.4 is 10.6 Å². The fourth-order valence-corrected chi connectivity index (χ4v) is 2.47. The molecule has 0 fully saturated rings. The van der Waals surface area contributed by atoms with Crippen LogP contribution >= 0.6 is 0 Å². The Morgan fingerprint density at radius 2 is 1.71 bits per heavy atom. The highest BCUT2D eigenvalue weighted by Crippen LogP contribution is 2.41. The molecule has 1 atom stereocenters. The summed E-state index contributed by atoms with van der Waals surface area (Å²) in [6, 6.07) is 11.0. The molecule has 28 heavy (non-hydrogen) atoms. The number of carbonyl (C=O) groups is 2. The van der Waals surface area contributed by atoms with Crippen LogP contribution in [0.5, 0.6) is 0 Å². The van der Waals surface area contributed by atoms with E-state index in [0.717, 1.165) is 12.1 Å². The average Bonchev–Trinajstić information content (AvgIpc) is 2.62. The molecule has 2 amide bonds. The van der Waals surface area contributed by atoms with Gasteiger partial charge in [0.05, 0.1) is 6.61 Å². The number of nitrogens with one attached hydrogen (secondary N) is 2. The molecule has 0 saturated heterocycles. The van der Waals surface area contributed by atoms with Crippen molar-refractivity contribution in [3.8, 4) is 0 Å². The number of rotatable bonds is 5. The molecule has 0 aliphatic heterocycles. The number of amides is 2. The molecule has 6 nitrogen and oxygen atoms in total. The van der Waals surface area contributed by atoms with Crippen molar-refractivity contribution >= 4 is 23.4 Å². The van der Waals surface area contributed by atoms with Crippen LogP contribution in [-0.2, 0) is 15.1 Å². The van der Waals surface area contributed by atoms with Crippen molar-refractivity contribution < 1.29 is 32.6 Å². The van der Waals surface area contributed by atoms with E-state index in [9.17, 15) is 27.9 Å². The van der Waals surface area contributed by atoms with Gasteiger partial charge < -0.3 is 20.5 Å². The number of anilines is 2. The molecule has 0 saturated carbocycles. The van der Waals surface area contributed by atoms with Gasteiger partial charge in [0, 0.05) is 16.9 Å². The van der Waals surface area contributed by atoms with Gasteiger partial charge in [-0.25, -0.2) is 9.59 Å². The highest BCUT2D eigenvalue weighted by molar-refractivity contribution is 6.00. The van der Waals surface area contributed by atoms with Crippen molar-refractivity contribution in [1.29, 1.82) is 0 Å². The summed E-state index contributed by atoms with van der Waals surface area (Å²) in [5.41, 5.74) is -3.55. The smallest absolute Gasteiger partial charge is 0.432 e. The third-order valence-electron chi connectivity index (χ3n) is 3.91. The van der Waals surface area contributed by atoms with Crippen LogP contribution in [0, 0.1) is 6.92 Å². The van der Waals surface area contributed by atoms with Crippen molar-refractivity contribution in [2.24, 2.45) is 0 Å². The summed E-state index contributed by atoms with van der Waals surface area (Å²) in [6.07, 6.45) is -5.29. The molecule has 0 aliphatic rings. The number of aryl methyl sites for hydroxylation is 1. The Balaban J connectivity index is 2.26. The monoisotopic (exact) mass is 396 g/mol. The molecule has 0 bridgehead atoms. The molecular weight excluding hydrogens is 377 g/mol.